The van der Waals surface area contributed by atoms with Gasteiger partial charge in [0.2, 0.25) is 0 Å². The first-order valence-electron chi connectivity index (χ1n) is 8.81. The van der Waals surface area contributed by atoms with Gasteiger partial charge in [0, 0.05) is 38.4 Å². The van der Waals surface area contributed by atoms with Crippen LogP contribution in [-0.2, 0) is 9.47 Å². The van der Waals surface area contributed by atoms with E-state index in [1.807, 2.05) is 18.2 Å². The summed E-state index contributed by atoms with van der Waals surface area (Å²) in [7, 11) is 3.20. The maximum Gasteiger partial charge on any atom is 0.274 e. The molecule has 7 nitrogen and oxygen atoms in total. The molecule has 0 N–H and O–H groups in total. The minimum absolute atomic E-state index is 0.206. The van der Waals surface area contributed by atoms with Crippen molar-refractivity contribution >= 4 is 17.5 Å². The average Bonchev–Trinajstić information content (AvgIpc) is 3.37. The van der Waals surface area contributed by atoms with E-state index in [0.29, 0.717) is 48.5 Å². The number of hydrogen-bond donors (Lipinski definition) is 0. The molecule has 2 aromatic heterocycles. The van der Waals surface area contributed by atoms with Gasteiger partial charge in [0.1, 0.15) is 5.69 Å². The standard InChI is InChI=1S/C20H22ClN3O4/c1-26-11-8-23(9-12-27-2)20(25)17-14-18(19-7-4-10-28-19)24(22-17)16-6-3-5-15(21)13-16/h3-7,10,13-14H,8-9,11-12H2,1-2H3. The maximum absolute atomic E-state index is 13.1. The number of aromatic nitrogens is 2. The van der Waals surface area contributed by atoms with E-state index in [2.05, 4.69) is 5.10 Å². The second-order valence-electron chi connectivity index (χ2n) is 6.06. The molecular weight excluding hydrogens is 382 g/mol. The molecule has 0 spiro atoms. The van der Waals surface area contributed by atoms with Crippen molar-refractivity contribution in [3.05, 3.63) is 59.4 Å². The molecule has 0 aliphatic rings. The van der Waals surface area contributed by atoms with Crippen molar-refractivity contribution in [3.8, 4) is 17.1 Å². The van der Waals surface area contributed by atoms with Gasteiger partial charge in [0.15, 0.2) is 11.5 Å². The molecule has 0 bridgehead atoms. The van der Waals surface area contributed by atoms with E-state index >= 15 is 0 Å². The van der Waals surface area contributed by atoms with E-state index in [0.717, 1.165) is 5.69 Å². The van der Waals surface area contributed by atoms with Gasteiger partial charge in [-0.3, -0.25) is 4.79 Å². The predicted molar refractivity (Wildman–Crippen MR) is 106 cm³/mol. The van der Waals surface area contributed by atoms with Crippen molar-refractivity contribution in [1.82, 2.24) is 14.7 Å². The van der Waals surface area contributed by atoms with Crippen LogP contribution in [0.5, 0.6) is 0 Å². The van der Waals surface area contributed by atoms with Gasteiger partial charge in [-0.25, -0.2) is 4.68 Å². The van der Waals surface area contributed by atoms with Crippen LogP contribution in [0, 0.1) is 0 Å². The number of ether oxygens (including phenoxy) is 2. The Morgan fingerprint density at radius 1 is 1.14 bits per heavy atom. The maximum atomic E-state index is 13.1. The Labute approximate surface area is 168 Å². The van der Waals surface area contributed by atoms with Gasteiger partial charge in [0.05, 0.1) is 25.2 Å². The highest BCUT2D eigenvalue weighted by molar-refractivity contribution is 6.30. The normalized spacial score (nSPS) is 11.0. The lowest BCUT2D eigenvalue weighted by atomic mass is 10.2. The summed E-state index contributed by atoms with van der Waals surface area (Å²) < 4.78 is 17.4. The van der Waals surface area contributed by atoms with Crippen LogP contribution in [0.1, 0.15) is 10.5 Å². The average molecular weight is 404 g/mol. The van der Waals surface area contributed by atoms with Gasteiger partial charge in [0.25, 0.3) is 5.91 Å². The number of halogens is 1. The Morgan fingerprint density at radius 3 is 2.50 bits per heavy atom. The number of methoxy groups -OCH3 is 2. The van der Waals surface area contributed by atoms with Crippen LogP contribution in [0.15, 0.2) is 53.1 Å². The van der Waals surface area contributed by atoms with Crippen LogP contribution in [0.3, 0.4) is 0 Å². The summed E-state index contributed by atoms with van der Waals surface area (Å²) in [6, 6.07) is 12.6. The summed E-state index contributed by atoms with van der Waals surface area (Å²) in [6.45, 7) is 1.74. The van der Waals surface area contributed by atoms with Crippen molar-refractivity contribution < 1.29 is 18.7 Å². The van der Waals surface area contributed by atoms with Crippen LogP contribution in [0.25, 0.3) is 17.1 Å². The first kappa shape index (κ1) is 20.1. The van der Waals surface area contributed by atoms with Gasteiger partial charge in [-0.1, -0.05) is 17.7 Å². The Kier molecular flexibility index (Phi) is 6.86. The summed E-state index contributed by atoms with van der Waals surface area (Å²) in [6.07, 6.45) is 1.58. The minimum Gasteiger partial charge on any atom is -0.463 e. The summed E-state index contributed by atoms with van der Waals surface area (Å²) >= 11 is 6.14. The van der Waals surface area contributed by atoms with E-state index < -0.39 is 0 Å². The molecule has 148 valence electrons. The fourth-order valence-corrected chi connectivity index (χ4v) is 2.95. The zero-order valence-electron chi connectivity index (χ0n) is 15.8. The molecule has 0 atom stereocenters. The van der Waals surface area contributed by atoms with Gasteiger partial charge >= 0.3 is 0 Å². The molecule has 0 radical (unpaired) electrons. The lowest BCUT2D eigenvalue weighted by molar-refractivity contribution is 0.0621. The minimum atomic E-state index is -0.206. The molecule has 3 aromatic rings. The molecule has 0 fully saturated rings. The summed E-state index contributed by atoms with van der Waals surface area (Å²) in [5.41, 5.74) is 1.70. The Hall–Kier alpha value is -2.61. The monoisotopic (exact) mass is 403 g/mol. The van der Waals surface area contributed by atoms with Crippen LogP contribution >= 0.6 is 11.6 Å². The molecule has 3 rings (SSSR count). The topological polar surface area (TPSA) is 69.7 Å². The first-order valence-corrected chi connectivity index (χ1v) is 9.19. The van der Waals surface area contributed by atoms with E-state index in [-0.39, 0.29) is 5.91 Å². The molecule has 1 aromatic carbocycles. The van der Waals surface area contributed by atoms with Gasteiger partial charge in [-0.05, 0) is 30.3 Å². The molecular formula is C20H22ClN3O4. The number of benzene rings is 1. The lowest BCUT2D eigenvalue weighted by Crippen LogP contribution is -2.36. The Balaban J connectivity index is 1.99. The zero-order valence-corrected chi connectivity index (χ0v) is 16.6. The number of rotatable bonds is 9. The lowest BCUT2D eigenvalue weighted by Gasteiger charge is -2.20. The number of furan rings is 1. The molecule has 1 amide bonds. The summed E-state index contributed by atoms with van der Waals surface area (Å²) in [5.74, 6) is 0.398. The van der Waals surface area contributed by atoms with Crippen molar-refractivity contribution in [2.75, 3.05) is 40.5 Å². The van der Waals surface area contributed by atoms with Crippen molar-refractivity contribution in [2.24, 2.45) is 0 Å². The third-order valence-electron chi connectivity index (χ3n) is 4.17. The van der Waals surface area contributed by atoms with E-state index in [1.165, 1.54) is 0 Å². The highest BCUT2D eigenvalue weighted by Crippen LogP contribution is 2.26. The van der Waals surface area contributed by atoms with Crippen molar-refractivity contribution in [2.45, 2.75) is 0 Å². The highest BCUT2D eigenvalue weighted by Gasteiger charge is 2.22. The Morgan fingerprint density at radius 2 is 1.89 bits per heavy atom. The molecule has 28 heavy (non-hydrogen) atoms. The van der Waals surface area contributed by atoms with Gasteiger partial charge in [-0.15, -0.1) is 0 Å². The molecule has 0 saturated carbocycles. The Bertz CT molecular complexity index is 900. The van der Waals surface area contributed by atoms with Crippen LogP contribution in [0.2, 0.25) is 5.02 Å². The van der Waals surface area contributed by atoms with Gasteiger partial charge in [-0.2, -0.15) is 5.10 Å². The van der Waals surface area contributed by atoms with Gasteiger partial charge < -0.3 is 18.8 Å². The smallest absolute Gasteiger partial charge is 0.274 e. The molecule has 0 aliphatic carbocycles. The second-order valence-corrected chi connectivity index (χ2v) is 6.50. The molecule has 2 heterocycles. The zero-order chi connectivity index (χ0) is 19.9. The number of hydrogen-bond acceptors (Lipinski definition) is 5. The predicted octanol–water partition coefficient (Wildman–Crippen LogP) is 3.52. The quantitative estimate of drug-likeness (QED) is 0.546. The largest absolute Gasteiger partial charge is 0.463 e. The first-order chi connectivity index (χ1) is 13.6. The van der Waals surface area contributed by atoms with E-state index in [4.69, 9.17) is 25.5 Å². The van der Waals surface area contributed by atoms with E-state index in [9.17, 15) is 4.79 Å². The van der Waals surface area contributed by atoms with Crippen LogP contribution < -0.4 is 0 Å². The highest BCUT2D eigenvalue weighted by atomic mass is 35.5. The summed E-state index contributed by atoms with van der Waals surface area (Å²) in [4.78, 5) is 14.7. The fourth-order valence-electron chi connectivity index (χ4n) is 2.77. The third kappa shape index (κ3) is 4.62. The summed E-state index contributed by atoms with van der Waals surface area (Å²) in [5, 5.41) is 5.12. The molecule has 0 aliphatic heterocycles. The number of amides is 1. The number of nitrogens with zero attached hydrogens (tertiary/aromatic N) is 3. The number of carbonyl (C=O) groups is 1. The fraction of sp³-hybridized carbons (Fsp3) is 0.300. The van der Waals surface area contributed by atoms with Crippen LogP contribution in [-0.4, -0.2) is 61.1 Å². The molecule has 0 saturated heterocycles. The van der Waals surface area contributed by atoms with Crippen molar-refractivity contribution in [3.63, 3.8) is 0 Å². The SMILES string of the molecule is COCCN(CCOC)C(=O)c1cc(-c2ccco2)n(-c2cccc(Cl)c2)n1. The third-order valence-corrected chi connectivity index (χ3v) is 4.41. The molecule has 0 unspecified atom stereocenters. The van der Waals surface area contributed by atoms with E-state index in [1.54, 1.807) is 54.3 Å². The van der Waals surface area contributed by atoms with Crippen molar-refractivity contribution in [1.29, 1.82) is 0 Å². The van der Waals surface area contributed by atoms with Crippen LogP contribution in [0.4, 0.5) is 0 Å². The number of carbonyl (C=O) groups excluding carboxylic acids is 1. The second kappa shape index (κ2) is 9.54. The molecule has 8 heteroatoms.